The second-order valence-electron chi connectivity index (χ2n) is 4.75. The fourth-order valence-electron chi connectivity index (χ4n) is 2.21. The average Bonchev–Trinajstić information content (AvgIpc) is 2.62. The van der Waals surface area contributed by atoms with Gasteiger partial charge in [-0.05, 0) is 18.9 Å². The number of halogens is 1. The highest BCUT2D eigenvalue weighted by Crippen LogP contribution is 2.33. The van der Waals surface area contributed by atoms with E-state index in [1.165, 1.54) is 6.07 Å². The van der Waals surface area contributed by atoms with E-state index >= 15 is 0 Å². The highest BCUT2D eigenvalue weighted by atomic mass is 19.1. The van der Waals surface area contributed by atoms with Crippen LogP contribution >= 0.6 is 0 Å². The van der Waals surface area contributed by atoms with E-state index in [9.17, 15) is 14.0 Å². The number of hydrogen-bond donors (Lipinski definition) is 3. The molecule has 0 bridgehead atoms. The van der Waals surface area contributed by atoms with Gasteiger partial charge in [0, 0.05) is 12.1 Å². The molecular formula is C14H17FN2O4. The van der Waals surface area contributed by atoms with Gasteiger partial charge in [0.15, 0.2) is 11.6 Å². The number of aliphatic carboxylic acids is 1. The van der Waals surface area contributed by atoms with Crippen LogP contribution in [0.5, 0.6) is 5.75 Å². The Morgan fingerprint density at radius 1 is 1.43 bits per heavy atom. The molecule has 0 aromatic heterocycles. The first-order valence-corrected chi connectivity index (χ1v) is 6.75. The van der Waals surface area contributed by atoms with Crippen LogP contribution < -0.4 is 15.4 Å². The molecular weight excluding hydrogens is 279 g/mol. The van der Waals surface area contributed by atoms with Crippen LogP contribution in [0.2, 0.25) is 0 Å². The second-order valence-corrected chi connectivity index (χ2v) is 4.75. The zero-order valence-electron chi connectivity index (χ0n) is 11.4. The van der Waals surface area contributed by atoms with Crippen molar-refractivity contribution < 1.29 is 23.8 Å². The van der Waals surface area contributed by atoms with Gasteiger partial charge in [-0.1, -0.05) is 12.1 Å². The highest BCUT2D eigenvalue weighted by Gasteiger charge is 2.23. The maximum absolute atomic E-state index is 13.7. The standard InChI is InChI=1S/C14H17FN2O4/c15-10-4-1-3-9-11(5-2-8-21-13(9)10)17-14(20)16-7-6-12(18)19/h1,3-4,11H,2,5-8H2,(H,18,19)(H2,16,17,20). The molecule has 0 radical (unpaired) electrons. The monoisotopic (exact) mass is 296 g/mol. The molecule has 0 fully saturated rings. The maximum atomic E-state index is 13.7. The fraction of sp³-hybridized carbons (Fsp3) is 0.429. The van der Waals surface area contributed by atoms with Crippen LogP contribution in [0.1, 0.15) is 30.9 Å². The van der Waals surface area contributed by atoms with E-state index in [2.05, 4.69) is 10.6 Å². The number of carbonyl (C=O) groups excluding carboxylic acids is 1. The van der Waals surface area contributed by atoms with E-state index < -0.39 is 17.8 Å². The van der Waals surface area contributed by atoms with Crippen molar-refractivity contribution in [2.24, 2.45) is 0 Å². The molecule has 2 amide bonds. The molecule has 1 unspecified atom stereocenters. The molecule has 3 N–H and O–H groups in total. The van der Waals surface area contributed by atoms with Crippen LogP contribution in [0, 0.1) is 5.82 Å². The summed E-state index contributed by atoms with van der Waals surface area (Å²) in [5.41, 5.74) is 0.598. The number of para-hydroxylation sites is 1. The van der Waals surface area contributed by atoms with E-state index in [-0.39, 0.29) is 24.8 Å². The molecule has 1 aliphatic heterocycles. The number of benzene rings is 1. The predicted octanol–water partition coefficient (Wildman–Crippen LogP) is 1.81. The normalized spacial score (nSPS) is 17.1. The van der Waals surface area contributed by atoms with Gasteiger partial charge in [0.05, 0.1) is 19.1 Å². The zero-order valence-corrected chi connectivity index (χ0v) is 11.4. The van der Waals surface area contributed by atoms with Crippen molar-refractivity contribution in [3.8, 4) is 5.75 Å². The van der Waals surface area contributed by atoms with Gasteiger partial charge in [0.2, 0.25) is 0 Å². The van der Waals surface area contributed by atoms with E-state index in [1.807, 2.05) is 0 Å². The van der Waals surface area contributed by atoms with Crippen molar-refractivity contribution in [3.05, 3.63) is 29.6 Å². The van der Waals surface area contributed by atoms with Gasteiger partial charge in [-0.25, -0.2) is 9.18 Å². The minimum atomic E-state index is -0.981. The number of carboxylic acids is 1. The minimum Gasteiger partial charge on any atom is -0.490 e. The summed E-state index contributed by atoms with van der Waals surface area (Å²) >= 11 is 0. The van der Waals surface area contributed by atoms with Gasteiger partial charge in [-0.3, -0.25) is 4.79 Å². The van der Waals surface area contributed by atoms with Crippen molar-refractivity contribution >= 4 is 12.0 Å². The van der Waals surface area contributed by atoms with Gasteiger partial charge in [-0.15, -0.1) is 0 Å². The Kier molecular flexibility index (Phi) is 4.97. The Morgan fingerprint density at radius 2 is 2.24 bits per heavy atom. The first-order valence-electron chi connectivity index (χ1n) is 6.75. The quantitative estimate of drug-likeness (QED) is 0.790. The Bertz CT molecular complexity index is 536. The summed E-state index contributed by atoms with van der Waals surface area (Å²) in [5, 5.41) is 13.7. The largest absolute Gasteiger partial charge is 0.490 e. The van der Waals surface area contributed by atoms with Crippen molar-refractivity contribution in [1.82, 2.24) is 10.6 Å². The third kappa shape index (κ3) is 4.08. The molecule has 6 nitrogen and oxygen atoms in total. The van der Waals surface area contributed by atoms with E-state index in [4.69, 9.17) is 9.84 Å². The summed E-state index contributed by atoms with van der Waals surface area (Å²) in [6, 6.07) is 3.77. The average molecular weight is 296 g/mol. The Hall–Kier alpha value is -2.31. The summed E-state index contributed by atoms with van der Waals surface area (Å²) in [6.07, 6.45) is 1.17. The van der Waals surface area contributed by atoms with E-state index in [0.29, 0.717) is 25.0 Å². The molecule has 0 spiro atoms. The van der Waals surface area contributed by atoms with Crippen LogP contribution in [0.3, 0.4) is 0 Å². The third-order valence-corrected chi connectivity index (χ3v) is 3.19. The number of nitrogens with one attached hydrogen (secondary N) is 2. The molecule has 1 atom stereocenters. The van der Waals surface area contributed by atoms with E-state index in [0.717, 1.165) is 0 Å². The van der Waals surface area contributed by atoms with Gasteiger partial charge < -0.3 is 20.5 Å². The lowest BCUT2D eigenvalue weighted by atomic mass is 10.0. The molecule has 114 valence electrons. The van der Waals surface area contributed by atoms with Crippen LogP contribution in [0.15, 0.2) is 18.2 Å². The topological polar surface area (TPSA) is 87.7 Å². The van der Waals surface area contributed by atoms with Crippen LogP contribution in [-0.2, 0) is 4.79 Å². The summed E-state index contributed by atoms with van der Waals surface area (Å²) in [4.78, 5) is 22.1. The second kappa shape index (κ2) is 6.92. The molecule has 1 aromatic carbocycles. The van der Waals surface area contributed by atoms with Crippen molar-refractivity contribution in [3.63, 3.8) is 0 Å². The van der Waals surface area contributed by atoms with Crippen LogP contribution in [-0.4, -0.2) is 30.3 Å². The van der Waals surface area contributed by atoms with Crippen LogP contribution in [0.4, 0.5) is 9.18 Å². The fourth-order valence-corrected chi connectivity index (χ4v) is 2.21. The van der Waals surface area contributed by atoms with Gasteiger partial charge in [-0.2, -0.15) is 0 Å². The smallest absolute Gasteiger partial charge is 0.315 e. The van der Waals surface area contributed by atoms with E-state index in [1.54, 1.807) is 12.1 Å². The number of ether oxygens (including phenoxy) is 1. The summed E-state index contributed by atoms with van der Waals surface area (Å²) < 4.78 is 19.1. The Balaban J connectivity index is 2.02. The Morgan fingerprint density at radius 3 is 3.00 bits per heavy atom. The molecule has 0 saturated carbocycles. The Labute approximate surface area is 121 Å². The lowest BCUT2D eigenvalue weighted by molar-refractivity contribution is -0.136. The number of hydrogen-bond acceptors (Lipinski definition) is 3. The van der Waals surface area contributed by atoms with Crippen LogP contribution in [0.25, 0.3) is 0 Å². The van der Waals surface area contributed by atoms with Crippen molar-refractivity contribution in [1.29, 1.82) is 0 Å². The highest BCUT2D eigenvalue weighted by molar-refractivity contribution is 5.75. The van der Waals surface area contributed by atoms with Crippen molar-refractivity contribution in [2.45, 2.75) is 25.3 Å². The number of carbonyl (C=O) groups is 2. The van der Waals surface area contributed by atoms with Crippen molar-refractivity contribution in [2.75, 3.05) is 13.2 Å². The van der Waals surface area contributed by atoms with Gasteiger partial charge in [0.1, 0.15) is 0 Å². The SMILES string of the molecule is O=C(O)CCNC(=O)NC1CCCOc2c(F)cccc21. The molecule has 0 aliphatic carbocycles. The number of rotatable bonds is 4. The molecule has 21 heavy (non-hydrogen) atoms. The summed E-state index contributed by atoms with van der Waals surface area (Å²) in [6.45, 7) is 0.438. The molecule has 1 heterocycles. The third-order valence-electron chi connectivity index (χ3n) is 3.19. The molecule has 1 aliphatic rings. The molecule has 0 saturated heterocycles. The number of amides is 2. The number of fused-ring (bicyclic) bond motifs is 1. The first-order chi connectivity index (χ1) is 10.1. The maximum Gasteiger partial charge on any atom is 0.315 e. The lowest BCUT2D eigenvalue weighted by Gasteiger charge is -2.18. The zero-order chi connectivity index (χ0) is 15.2. The summed E-state index contributed by atoms with van der Waals surface area (Å²) in [7, 11) is 0. The van der Waals surface area contributed by atoms with Gasteiger partial charge in [0.25, 0.3) is 0 Å². The molecule has 1 aromatic rings. The van der Waals surface area contributed by atoms with Gasteiger partial charge >= 0.3 is 12.0 Å². The number of urea groups is 1. The predicted molar refractivity (Wildman–Crippen MR) is 72.7 cm³/mol. The summed E-state index contributed by atoms with van der Waals surface area (Å²) in [5.74, 6) is -1.26. The minimum absolute atomic E-state index is 0.0421. The number of carboxylic acid groups (broad SMARTS) is 1. The lowest BCUT2D eigenvalue weighted by Crippen LogP contribution is -2.38. The first kappa shape index (κ1) is 15.1. The molecule has 2 rings (SSSR count). The molecule has 7 heteroatoms.